The van der Waals surface area contributed by atoms with E-state index in [2.05, 4.69) is 31.3 Å². The molecule has 0 aromatic heterocycles. The number of hydrogen-bond donors (Lipinski definition) is 2. The molecule has 2 N–H and O–H groups in total. The zero-order chi connectivity index (χ0) is 23.2. The quantitative estimate of drug-likeness (QED) is 0.365. The largest absolute Gasteiger partial charge is 0.507 e. The molecule has 0 bridgehead atoms. The van der Waals surface area contributed by atoms with Gasteiger partial charge in [0.25, 0.3) is 5.91 Å². The molecule has 166 valence electrons. The van der Waals surface area contributed by atoms with Gasteiger partial charge in [-0.1, -0.05) is 52.8 Å². The first kappa shape index (κ1) is 23.9. The lowest BCUT2D eigenvalue weighted by Crippen LogP contribution is -2.26. The minimum atomic E-state index is -0.585. The zero-order valence-corrected chi connectivity index (χ0v) is 18.5. The van der Waals surface area contributed by atoms with E-state index < -0.39 is 17.4 Å². The Balaban J connectivity index is 2.06. The summed E-state index contributed by atoms with van der Waals surface area (Å²) in [5.41, 5.74) is 3.13. The second kappa shape index (κ2) is 9.59. The minimum Gasteiger partial charge on any atom is -0.507 e. The summed E-state index contributed by atoms with van der Waals surface area (Å²) in [6, 6.07) is 11.3. The summed E-state index contributed by atoms with van der Waals surface area (Å²) < 4.78 is 5.38. The summed E-state index contributed by atoms with van der Waals surface area (Å²) in [4.78, 5) is 23.0. The maximum Gasteiger partial charge on any atom is 0.311 e. The van der Waals surface area contributed by atoms with E-state index in [1.54, 1.807) is 24.3 Å². The zero-order valence-electron chi connectivity index (χ0n) is 18.5. The predicted octanol–water partition coefficient (Wildman–Crippen LogP) is 4.54. The normalized spacial score (nSPS) is 12.0. The van der Waals surface area contributed by atoms with Crippen LogP contribution in [0.4, 0.5) is 5.69 Å². The van der Waals surface area contributed by atoms with Crippen LogP contribution >= 0.6 is 0 Å². The van der Waals surface area contributed by atoms with Crippen molar-refractivity contribution < 1.29 is 19.6 Å². The number of nitro groups is 1. The van der Waals surface area contributed by atoms with E-state index in [9.17, 15) is 20.0 Å². The van der Waals surface area contributed by atoms with Crippen molar-refractivity contribution in [1.29, 1.82) is 0 Å². The van der Waals surface area contributed by atoms with E-state index in [1.165, 1.54) is 24.4 Å². The number of aromatic hydroxyl groups is 1. The number of benzene rings is 2. The number of phenolic OH excluding ortho intramolecular Hbond substituents is 1. The van der Waals surface area contributed by atoms with Crippen LogP contribution < -0.4 is 10.2 Å². The predicted molar refractivity (Wildman–Crippen MR) is 120 cm³/mol. The van der Waals surface area contributed by atoms with E-state index in [-0.39, 0.29) is 28.0 Å². The van der Waals surface area contributed by atoms with Crippen molar-refractivity contribution in [3.8, 4) is 11.5 Å². The number of hydrazone groups is 1. The van der Waals surface area contributed by atoms with Gasteiger partial charge in [-0.3, -0.25) is 14.9 Å². The molecule has 0 saturated carbocycles. The van der Waals surface area contributed by atoms with Gasteiger partial charge in [-0.25, -0.2) is 5.43 Å². The molecule has 2 aromatic carbocycles. The van der Waals surface area contributed by atoms with Crippen LogP contribution in [0.3, 0.4) is 0 Å². The second-order valence-electron chi connectivity index (χ2n) is 9.20. The molecule has 0 unspecified atom stereocenters. The summed E-state index contributed by atoms with van der Waals surface area (Å²) in [7, 11) is 0. The third-order valence-corrected chi connectivity index (χ3v) is 4.60. The number of phenols is 1. The fraction of sp³-hybridized carbons (Fsp3) is 0.391. The van der Waals surface area contributed by atoms with Crippen LogP contribution in [0.15, 0.2) is 47.6 Å². The fourth-order valence-electron chi connectivity index (χ4n) is 3.58. The van der Waals surface area contributed by atoms with Gasteiger partial charge in [0.1, 0.15) is 5.75 Å². The summed E-state index contributed by atoms with van der Waals surface area (Å²) in [6.07, 6.45) is 2.14. The highest BCUT2D eigenvalue weighted by Gasteiger charge is 2.29. The van der Waals surface area contributed by atoms with Crippen LogP contribution in [0, 0.1) is 15.5 Å². The lowest BCUT2D eigenvalue weighted by Gasteiger charge is -2.33. The van der Waals surface area contributed by atoms with Gasteiger partial charge in [0.05, 0.1) is 11.1 Å². The van der Waals surface area contributed by atoms with Gasteiger partial charge >= 0.3 is 5.69 Å². The summed E-state index contributed by atoms with van der Waals surface area (Å²) in [5.74, 6) is -0.542. The smallest absolute Gasteiger partial charge is 0.311 e. The number of nitrogens with zero attached hydrogens (tertiary/aromatic N) is 2. The Morgan fingerprint density at radius 2 is 1.87 bits per heavy atom. The van der Waals surface area contributed by atoms with Crippen molar-refractivity contribution in [3.05, 3.63) is 63.7 Å². The van der Waals surface area contributed by atoms with Gasteiger partial charge < -0.3 is 9.84 Å². The highest BCUT2D eigenvalue weighted by atomic mass is 16.6. The van der Waals surface area contributed by atoms with Crippen molar-refractivity contribution in [2.24, 2.45) is 10.5 Å². The Kier molecular flexibility index (Phi) is 7.38. The number of rotatable bonds is 8. The monoisotopic (exact) mass is 427 g/mol. The fourth-order valence-corrected chi connectivity index (χ4v) is 3.58. The Morgan fingerprint density at radius 1 is 1.19 bits per heavy atom. The molecule has 0 spiro atoms. The SMILES string of the molecule is CC(C)(C)CC(C)(C)c1ccc(OCC(=O)N/N=C/c2ccccc2O)c([N+](=O)[O-])c1. The maximum atomic E-state index is 12.0. The second-order valence-corrected chi connectivity index (χ2v) is 9.20. The number of nitrogens with one attached hydrogen (secondary N) is 1. The van der Waals surface area contributed by atoms with Crippen LogP contribution in [0.1, 0.15) is 52.2 Å². The van der Waals surface area contributed by atoms with Crippen LogP contribution in [-0.2, 0) is 10.2 Å². The Hall–Kier alpha value is -3.42. The van der Waals surface area contributed by atoms with E-state index in [0.29, 0.717) is 5.56 Å². The molecule has 0 aliphatic carbocycles. The number of carbonyl (C=O) groups is 1. The van der Waals surface area contributed by atoms with Gasteiger partial charge in [-0.15, -0.1) is 0 Å². The molecule has 1 amide bonds. The highest BCUT2D eigenvalue weighted by Crippen LogP contribution is 2.39. The number of hydrogen-bond acceptors (Lipinski definition) is 6. The minimum absolute atomic E-state index is 0.0140. The maximum absolute atomic E-state index is 12.0. The van der Waals surface area contributed by atoms with Crippen molar-refractivity contribution in [3.63, 3.8) is 0 Å². The molecule has 0 fully saturated rings. The van der Waals surface area contributed by atoms with Crippen LogP contribution in [0.25, 0.3) is 0 Å². The number of nitro benzene ring substituents is 1. The van der Waals surface area contributed by atoms with E-state index >= 15 is 0 Å². The van der Waals surface area contributed by atoms with Crippen molar-refractivity contribution in [2.45, 2.75) is 46.5 Å². The van der Waals surface area contributed by atoms with Gasteiger partial charge in [0, 0.05) is 11.6 Å². The number of para-hydroxylation sites is 1. The van der Waals surface area contributed by atoms with Crippen LogP contribution in [0.2, 0.25) is 0 Å². The molecular formula is C23H29N3O5. The molecule has 2 rings (SSSR count). The average Bonchev–Trinajstić information content (AvgIpc) is 2.65. The van der Waals surface area contributed by atoms with Crippen molar-refractivity contribution in [1.82, 2.24) is 5.43 Å². The summed E-state index contributed by atoms with van der Waals surface area (Å²) >= 11 is 0. The van der Waals surface area contributed by atoms with Gasteiger partial charge in [-0.05, 0) is 41.0 Å². The lowest BCUT2D eigenvalue weighted by atomic mass is 9.72. The number of carbonyl (C=O) groups excluding carboxylic acids is 1. The molecule has 2 aromatic rings. The van der Waals surface area contributed by atoms with Gasteiger partial charge in [0.2, 0.25) is 0 Å². The number of amides is 1. The van der Waals surface area contributed by atoms with Gasteiger partial charge in [-0.2, -0.15) is 5.10 Å². The highest BCUT2D eigenvalue weighted by molar-refractivity contribution is 5.85. The first-order chi connectivity index (χ1) is 14.4. The molecule has 31 heavy (non-hydrogen) atoms. The standard InChI is InChI=1S/C23H29N3O5/c1-22(2,3)15-23(4,5)17-10-11-20(18(12-17)26(29)30)31-14-21(28)25-24-13-16-8-6-7-9-19(16)27/h6-13,27H,14-15H2,1-5H3,(H,25,28)/b24-13+. The Labute approximate surface area is 182 Å². The lowest BCUT2D eigenvalue weighted by molar-refractivity contribution is -0.385. The summed E-state index contributed by atoms with van der Waals surface area (Å²) in [6.45, 7) is 10.0. The molecule has 0 radical (unpaired) electrons. The van der Waals surface area contributed by atoms with E-state index in [0.717, 1.165) is 12.0 Å². The van der Waals surface area contributed by atoms with Crippen LogP contribution in [-0.4, -0.2) is 28.8 Å². The molecule has 8 heteroatoms. The third-order valence-electron chi connectivity index (χ3n) is 4.60. The van der Waals surface area contributed by atoms with Crippen molar-refractivity contribution >= 4 is 17.8 Å². The summed E-state index contributed by atoms with van der Waals surface area (Å²) in [5, 5.41) is 25.0. The van der Waals surface area contributed by atoms with Gasteiger partial charge in [0.15, 0.2) is 12.4 Å². The molecule has 0 aliphatic rings. The first-order valence-electron chi connectivity index (χ1n) is 9.91. The van der Waals surface area contributed by atoms with E-state index in [4.69, 9.17) is 4.74 Å². The molecule has 0 heterocycles. The Morgan fingerprint density at radius 3 is 2.48 bits per heavy atom. The molecular weight excluding hydrogens is 398 g/mol. The molecule has 0 saturated heterocycles. The first-order valence-corrected chi connectivity index (χ1v) is 9.91. The molecule has 8 nitrogen and oxygen atoms in total. The van der Waals surface area contributed by atoms with Crippen LogP contribution in [0.5, 0.6) is 11.5 Å². The third kappa shape index (κ3) is 7.09. The molecule has 0 atom stereocenters. The Bertz CT molecular complexity index is 977. The van der Waals surface area contributed by atoms with E-state index in [1.807, 2.05) is 13.8 Å². The topological polar surface area (TPSA) is 114 Å². The molecule has 0 aliphatic heterocycles. The van der Waals surface area contributed by atoms with Crippen molar-refractivity contribution in [2.75, 3.05) is 6.61 Å². The number of ether oxygens (including phenoxy) is 1. The average molecular weight is 428 g/mol.